The summed E-state index contributed by atoms with van der Waals surface area (Å²) in [5, 5.41) is 0. The van der Waals surface area contributed by atoms with Gasteiger partial charge < -0.3 is 0 Å². The van der Waals surface area contributed by atoms with Crippen LogP contribution in [-0.4, -0.2) is 9.55 Å². The van der Waals surface area contributed by atoms with Crippen LogP contribution in [0, 0.1) is 0 Å². The number of fused-ring (bicyclic) bond motifs is 13. The van der Waals surface area contributed by atoms with Crippen molar-refractivity contribution in [1.29, 1.82) is 0 Å². The normalized spacial score (nSPS) is 13.4. The fourth-order valence-electron chi connectivity index (χ4n) is 8.24. The van der Waals surface area contributed by atoms with Crippen LogP contribution in [0.1, 0.15) is 22.3 Å². The van der Waals surface area contributed by atoms with E-state index in [1.54, 1.807) is 0 Å². The highest BCUT2D eigenvalue weighted by Gasteiger charge is 2.49. The minimum atomic E-state index is -0.516. The molecule has 0 radical (unpaired) electrons. The van der Waals surface area contributed by atoms with E-state index in [1.807, 2.05) is 0 Å². The molecular weight excluding hydrogens is 556 g/mol. The van der Waals surface area contributed by atoms with Gasteiger partial charge in [-0.1, -0.05) is 140 Å². The molecule has 2 heteroatoms. The first kappa shape index (κ1) is 25.3. The van der Waals surface area contributed by atoms with E-state index >= 15 is 0 Å². The van der Waals surface area contributed by atoms with Crippen LogP contribution in [0.2, 0.25) is 0 Å². The Hall–Kier alpha value is -5.99. The van der Waals surface area contributed by atoms with Crippen molar-refractivity contribution in [3.8, 4) is 50.5 Å². The summed E-state index contributed by atoms with van der Waals surface area (Å²) in [6.45, 7) is 0. The second-order valence-electron chi connectivity index (χ2n) is 12.3. The summed E-state index contributed by atoms with van der Waals surface area (Å²) in [6.07, 6.45) is 0. The minimum Gasteiger partial charge on any atom is -0.292 e. The molecule has 7 aromatic carbocycles. The van der Waals surface area contributed by atoms with Crippen LogP contribution in [0.4, 0.5) is 0 Å². The van der Waals surface area contributed by atoms with Gasteiger partial charge in [0.05, 0.1) is 16.4 Å². The van der Waals surface area contributed by atoms with Crippen LogP contribution in [0.15, 0.2) is 170 Å². The zero-order valence-corrected chi connectivity index (χ0v) is 25.1. The predicted molar refractivity (Wildman–Crippen MR) is 188 cm³/mol. The lowest BCUT2D eigenvalue weighted by Crippen LogP contribution is -2.29. The van der Waals surface area contributed by atoms with Gasteiger partial charge in [0, 0.05) is 11.3 Å². The molecule has 0 saturated heterocycles. The molecule has 2 nitrogen and oxygen atoms in total. The van der Waals surface area contributed by atoms with Gasteiger partial charge in [0.15, 0.2) is 0 Å². The lowest BCUT2D eigenvalue weighted by molar-refractivity contribution is 0.775. The van der Waals surface area contributed by atoms with Crippen LogP contribution in [0.3, 0.4) is 0 Å². The summed E-state index contributed by atoms with van der Waals surface area (Å²) < 4.78 is 2.30. The summed E-state index contributed by atoms with van der Waals surface area (Å²) in [6, 6.07) is 62.1. The molecule has 0 N–H and O–H groups in total. The van der Waals surface area contributed by atoms with Crippen molar-refractivity contribution in [3.05, 3.63) is 192 Å². The fraction of sp³-hybridized carbons (Fsp3) is 0.0227. The van der Waals surface area contributed by atoms with Crippen molar-refractivity contribution in [2.75, 3.05) is 0 Å². The number of nitrogens with zero attached hydrogens (tertiary/aromatic N) is 2. The molecule has 0 saturated carbocycles. The molecule has 0 atom stereocenters. The molecule has 2 aliphatic carbocycles. The summed E-state index contributed by atoms with van der Waals surface area (Å²) in [4.78, 5) is 5.29. The van der Waals surface area contributed by atoms with Gasteiger partial charge in [-0.2, -0.15) is 0 Å². The third kappa shape index (κ3) is 3.28. The first-order chi connectivity index (χ1) is 22.8. The Labute approximate surface area is 267 Å². The summed E-state index contributed by atoms with van der Waals surface area (Å²) in [5.74, 6) is 0.940. The van der Waals surface area contributed by atoms with Gasteiger partial charge in [-0.15, -0.1) is 0 Å². The first-order valence-electron chi connectivity index (χ1n) is 15.9. The number of aromatic nitrogens is 2. The van der Waals surface area contributed by atoms with Crippen LogP contribution >= 0.6 is 0 Å². The van der Waals surface area contributed by atoms with E-state index in [2.05, 4.69) is 174 Å². The highest BCUT2D eigenvalue weighted by atomic mass is 15.1. The molecule has 0 fully saturated rings. The molecule has 1 aromatic heterocycles. The van der Waals surface area contributed by atoms with Crippen molar-refractivity contribution in [2.45, 2.75) is 5.41 Å². The minimum absolute atomic E-state index is 0.516. The van der Waals surface area contributed by atoms with Crippen LogP contribution in [-0.2, 0) is 5.41 Å². The Morgan fingerprint density at radius 1 is 0.391 bits per heavy atom. The summed E-state index contributed by atoms with van der Waals surface area (Å²) >= 11 is 0. The van der Waals surface area contributed by atoms with Crippen molar-refractivity contribution in [1.82, 2.24) is 9.55 Å². The fourth-order valence-corrected chi connectivity index (χ4v) is 8.24. The number of hydrogen-bond acceptors (Lipinski definition) is 1. The number of benzene rings is 7. The Kier molecular flexibility index (Phi) is 5.24. The SMILES string of the molecule is c1ccc(-n2c(-c3ccc4c(c3)C3(c5ccccc5-c5ccccc5-4)c4ccccc4-c4ccccc43)nc3ccccc32)cc1. The number of rotatable bonds is 2. The Morgan fingerprint density at radius 3 is 1.50 bits per heavy atom. The molecular formula is C44H28N2. The maximum atomic E-state index is 5.29. The van der Waals surface area contributed by atoms with E-state index < -0.39 is 5.41 Å². The zero-order valence-electron chi connectivity index (χ0n) is 25.1. The zero-order chi connectivity index (χ0) is 30.2. The van der Waals surface area contributed by atoms with Gasteiger partial charge in [0.1, 0.15) is 5.82 Å². The second kappa shape index (κ2) is 9.50. The van der Waals surface area contributed by atoms with E-state index in [-0.39, 0.29) is 0 Å². The third-order valence-corrected chi connectivity index (χ3v) is 10.0. The van der Waals surface area contributed by atoms with Crippen molar-refractivity contribution in [2.24, 2.45) is 0 Å². The van der Waals surface area contributed by atoms with Crippen molar-refractivity contribution in [3.63, 3.8) is 0 Å². The molecule has 0 amide bonds. The standard InChI is InChI=1S/C44H28N2/c1-2-14-30(15-3-1)46-42-25-13-12-24-41(42)45-43(46)29-26-27-36-32-17-5-4-16-31(32)33-18-6-9-21-37(33)44(40(36)28-29)38-22-10-7-19-34(38)35-20-8-11-23-39(35)44/h1-28H. The van der Waals surface area contributed by atoms with E-state index in [0.717, 1.165) is 28.1 Å². The van der Waals surface area contributed by atoms with E-state index in [4.69, 9.17) is 4.98 Å². The molecule has 46 heavy (non-hydrogen) atoms. The third-order valence-electron chi connectivity index (χ3n) is 10.0. The molecule has 2 aliphatic rings. The number of imidazole rings is 1. The first-order valence-corrected chi connectivity index (χ1v) is 15.9. The van der Waals surface area contributed by atoms with Gasteiger partial charge in [0.25, 0.3) is 0 Å². The van der Waals surface area contributed by atoms with Crippen molar-refractivity contribution >= 4 is 11.0 Å². The number of para-hydroxylation sites is 3. The maximum Gasteiger partial charge on any atom is 0.145 e. The second-order valence-corrected chi connectivity index (χ2v) is 12.3. The Morgan fingerprint density at radius 2 is 0.870 bits per heavy atom. The van der Waals surface area contributed by atoms with E-state index in [1.165, 1.54) is 55.6 Å². The van der Waals surface area contributed by atoms with Crippen LogP contribution in [0.25, 0.3) is 61.5 Å². The molecule has 0 bridgehead atoms. The molecule has 8 aromatic rings. The molecule has 10 rings (SSSR count). The Balaban J connectivity index is 1.38. The van der Waals surface area contributed by atoms with Crippen LogP contribution in [0.5, 0.6) is 0 Å². The van der Waals surface area contributed by atoms with Gasteiger partial charge in [-0.05, 0) is 86.0 Å². The highest BCUT2D eigenvalue weighted by Crippen LogP contribution is 2.61. The summed E-state index contributed by atoms with van der Waals surface area (Å²) in [7, 11) is 0. The lowest BCUT2D eigenvalue weighted by atomic mass is 9.65. The monoisotopic (exact) mass is 584 g/mol. The predicted octanol–water partition coefficient (Wildman–Crippen LogP) is 10.7. The smallest absolute Gasteiger partial charge is 0.145 e. The molecule has 0 aliphatic heterocycles. The quantitative estimate of drug-likeness (QED) is 0.198. The average Bonchev–Trinajstić information content (AvgIpc) is 3.63. The average molecular weight is 585 g/mol. The van der Waals surface area contributed by atoms with Gasteiger partial charge in [-0.25, -0.2) is 4.98 Å². The van der Waals surface area contributed by atoms with E-state index in [0.29, 0.717) is 0 Å². The summed E-state index contributed by atoms with van der Waals surface area (Å²) in [5.41, 5.74) is 16.7. The van der Waals surface area contributed by atoms with E-state index in [9.17, 15) is 0 Å². The lowest BCUT2D eigenvalue weighted by Gasteiger charge is -2.35. The Bertz CT molecular complexity index is 2440. The van der Waals surface area contributed by atoms with Gasteiger partial charge in [0.2, 0.25) is 0 Å². The topological polar surface area (TPSA) is 17.8 Å². The molecule has 1 spiro atoms. The van der Waals surface area contributed by atoms with Gasteiger partial charge >= 0.3 is 0 Å². The largest absolute Gasteiger partial charge is 0.292 e. The maximum absolute atomic E-state index is 5.29. The number of hydrogen-bond donors (Lipinski definition) is 0. The molecule has 214 valence electrons. The molecule has 0 unspecified atom stereocenters. The van der Waals surface area contributed by atoms with Gasteiger partial charge in [-0.3, -0.25) is 4.57 Å². The van der Waals surface area contributed by atoms with Crippen LogP contribution < -0.4 is 0 Å². The highest BCUT2D eigenvalue weighted by molar-refractivity contribution is 5.98. The van der Waals surface area contributed by atoms with Crippen molar-refractivity contribution < 1.29 is 0 Å². The molecule has 1 heterocycles.